The number of benzene rings is 2. The molecule has 1 N–H and O–H groups in total. The molecule has 1 amide bonds. The Morgan fingerprint density at radius 3 is 2.73 bits per heavy atom. The number of nitrogens with one attached hydrogen (secondary N) is 1. The van der Waals surface area contributed by atoms with Gasteiger partial charge in [0.05, 0.1) is 31.2 Å². The van der Waals surface area contributed by atoms with Crippen LogP contribution in [0.2, 0.25) is 5.02 Å². The maximum atomic E-state index is 12.9. The van der Waals surface area contributed by atoms with Crippen molar-refractivity contribution in [2.75, 3.05) is 49.7 Å². The Morgan fingerprint density at radius 2 is 2.03 bits per heavy atom. The molecule has 0 bridgehead atoms. The van der Waals surface area contributed by atoms with E-state index in [0.717, 1.165) is 5.69 Å². The lowest BCUT2D eigenvalue weighted by Gasteiger charge is -2.30. The van der Waals surface area contributed by atoms with Crippen molar-refractivity contribution < 1.29 is 19.0 Å². The highest BCUT2D eigenvalue weighted by Gasteiger charge is 2.18. The van der Waals surface area contributed by atoms with Crippen molar-refractivity contribution in [2.24, 2.45) is 0 Å². The number of carbonyl (C=O) groups excluding carboxylic acids is 1. The van der Waals surface area contributed by atoms with Crippen LogP contribution >= 0.6 is 11.6 Å². The fraction of sp³-hybridized carbons (Fsp3) is 0.280. The van der Waals surface area contributed by atoms with Crippen molar-refractivity contribution in [1.29, 1.82) is 5.26 Å². The quantitative estimate of drug-likeness (QED) is 0.358. The summed E-state index contributed by atoms with van der Waals surface area (Å²) in [5.41, 5.74) is 1.89. The molecule has 170 valence electrons. The Morgan fingerprint density at radius 1 is 1.24 bits per heavy atom. The smallest absolute Gasteiger partial charge is 0.266 e. The monoisotopic (exact) mass is 465 g/mol. The van der Waals surface area contributed by atoms with E-state index in [1.807, 2.05) is 19.1 Å². The number of nitriles is 1. The van der Waals surface area contributed by atoms with E-state index in [0.29, 0.717) is 60.7 Å². The van der Waals surface area contributed by atoms with E-state index in [4.69, 9.17) is 32.2 Å². The van der Waals surface area contributed by atoms with Crippen LogP contribution in [0.4, 0.5) is 11.4 Å². The number of hydrogen-bond donors (Lipinski definition) is 1. The Bertz CT molecular complexity index is 1110. The van der Waals surface area contributed by atoms with E-state index in [2.05, 4.69) is 16.1 Å². The molecule has 0 saturated carbocycles. The van der Waals surface area contributed by atoms with E-state index < -0.39 is 5.91 Å². The van der Waals surface area contributed by atoms with Crippen LogP contribution in [0, 0.1) is 23.7 Å². The van der Waals surface area contributed by atoms with E-state index in [1.165, 1.54) is 6.08 Å². The van der Waals surface area contributed by atoms with Crippen molar-refractivity contribution >= 4 is 35.0 Å². The molecule has 33 heavy (non-hydrogen) atoms. The first kappa shape index (κ1) is 24.0. The molecule has 0 atom stereocenters. The average molecular weight is 466 g/mol. The summed E-state index contributed by atoms with van der Waals surface area (Å²) in [6.45, 7) is 4.96. The molecular weight excluding hydrogens is 442 g/mol. The molecule has 2 aromatic carbocycles. The molecule has 1 aliphatic rings. The molecule has 8 heteroatoms. The van der Waals surface area contributed by atoms with Gasteiger partial charge in [0, 0.05) is 18.1 Å². The van der Waals surface area contributed by atoms with Gasteiger partial charge in [-0.15, -0.1) is 6.42 Å². The van der Waals surface area contributed by atoms with Gasteiger partial charge in [0.15, 0.2) is 11.5 Å². The number of halogens is 1. The van der Waals surface area contributed by atoms with Gasteiger partial charge in [-0.05, 0) is 48.9 Å². The topological polar surface area (TPSA) is 83.8 Å². The number of anilines is 2. The van der Waals surface area contributed by atoms with Crippen LogP contribution in [0.3, 0.4) is 0 Å². The predicted molar refractivity (Wildman–Crippen MR) is 129 cm³/mol. The lowest BCUT2D eigenvalue weighted by atomic mass is 10.1. The standard InChI is InChI=1S/C25H24ClN3O4/c1-3-11-33-23-8-5-18(15-24(23)32-4-2)14-19(17-27)25(30)28-21-16-20(26)6-7-22(21)29-9-12-31-13-10-29/h1,5-8,14-16H,4,9-13H2,2H3,(H,28,30)/b19-14+. The Labute approximate surface area is 198 Å². The number of ether oxygens (including phenoxy) is 3. The van der Waals surface area contributed by atoms with Crippen LogP contribution in [0.15, 0.2) is 42.0 Å². The largest absolute Gasteiger partial charge is 0.490 e. The third kappa shape index (κ3) is 6.43. The number of rotatable bonds is 8. The highest BCUT2D eigenvalue weighted by Crippen LogP contribution is 2.31. The lowest BCUT2D eigenvalue weighted by molar-refractivity contribution is -0.112. The van der Waals surface area contributed by atoms with Crippen molar-refractivity contribution in [3.05, 3.63) is 52.6 Å². The number of morpholine rings is 1. The number of carbonyl (C=O) groups is 1. The van der Waals surface area contributed by atoms with Gasteiger partial charge in [0.25, 0.3) is 5.91 Å². The molecule has 1 aliphatic heterocycles. The zero-order chi connectivity index (χ0) is 23.6. The van der Waals surface area contributed by atoms with Crippen molar-refractivity contribution in [3.8, 4) is 29.9 Å². The molecule has 0 spiro atoms. The van der Waals surface area contributed by atoms with Crippen LogP contribution in [-0.2, 0) is 9.53 Å². The molecule has 3 rings (SSSR count). The maximum Gasteiger partial charge on any atom is 0.266 e. The third-order valence-corrected chi connectivity index (χ3v) is 5.05. The van der Waals surface area contributed by atoms with E-state index in [1.54, 1.807) is 30.3 Å². The number of nitrogens with zero attached hydrogens (tertiary/aromatic N) is 2. The first-order chi connectivity index (χ1) is 16.0. The lowest BCUT2D eigenvalue weighted by Crippen LogP contribution is -2.36. The molecule has 2 aromatic rings. The SMILES string of the molecule is C#CCOc1ccc(/C=C(\C#N)C(=O)Nc2cc(Cl)ccc2N2CCOCC2)cc1OCC. The van der Waals surface area contributed by atoms with Crippen LogP contribution in [0.25, 0.3) is 6.08 Å². The summed E-state index contributed by atoms with van der Waals surface area (Å²) in [5, 5.41) is 12.9. The van der Waals surface area contributed by atoms with Gasteiger partial charge in [-0.3, -0.25) is 4.79 Å². The molecule has 7 nitrogen and oxygen atoms in total. The average Bonchev–Trinajstić information content (AvgIpc) is 2.82. The second-order valence-electron chi connectivity index (χ2n) is 7.02. The molecule has 1 fully saturated rings. The van der Waals surface area contributed by atoms with Crippen LogP contribution in [0.1, 0.15) is 12.5 Å². The van der Waals surface area contributed by atoms with E-state index >= 15 is 0 Å². The first-order valence-corrected chi connectivity index (χ1v) is 10.8. The summed E-state index contributed by atoms with van der Waals surface area (Å²) in [4.78, 5) is 15.1. The van der Waals surface area contributed by atoms with Crippen LogP contribution < -0.4 is 19.7 Å². The zero-order valence-corrected chi connectivity index (χ0v) is 19.0. The van der Waals surface area contributed by atoms with Crippen molar-refractivity contribution in [2.45, 2.75) is 6.92 Å². The fourth-order valence-corrected chi connectivity index (χ4v) is 3.49. The molecule has 1 heterocycles. The van der Waals surface area contributed by atoms with Gasteiger partial charge in [-0.25, -0.2) is 0 Å². The van der Waals surface area contributed by atoms with Crippen molar-refractivity contribution in [1.82, 2.24) is 0 Å². The Balaban J connectivity index is 1.85. The van der Waals surface area contributed by atoms with Crippen molar-refractivity contribution in [3.63, 3.8) is 0 Å². The second-order valence-corrected chi connectivity index (χ2v) is 7.45. The minimum Gasteiger partial charge on any atom is -0.490 e. The molecule has 0 radical (unpaired) electrons. The summed E-state index contributed by atoms with van der Waals surface area (Å²) in [6.07, 6.45) is 6.74. The zero-order valence-electron chi connectivity index (χ0n) is 18.3. The summed E-state index contributed by atoms with van der Waals surface area (Å²) in [6, 6.07) is 12.4. The molecule has 0 aromatic heterocycles. The number of terminal acetylenes is 1. The Kier molecular flexibility index (Phi) is 8.60. The number of amides is 1. The maximum absolute atomic E-state index is 12.9. The highest BCUT2D eigenvalue weighted by atomic mass is 35.5. The van der Waals surface area contributed by atoms with E-state index in [-0.39, 0.29) is 12.2 Å². The summed E-state index contributed by atoms with van der Waals surface area (Å²) in [7, 11) is 0. The predicted octanol–water partition coefficient (Wildman–Crippen LogP) is 4.13. The van der Waals surface area contributed by atoms with Gasteiger partial charge in [-0.2, -0.15) is 5.26 Å². The third-order valence-electron chi connectivity index (χ3n) is 4.81. The van der Waals surface area contributed by atoms with E-state index in [9.17, 15) is 10.1 Å². The molecular formula is C25H24ClN3O4. The van der Waals surface area contributed by atoms with Gasteiger partial charge < -0.3 is 24.4 Å². The van der Waals surface area contributed by atoms with Gasteiger partial charge in [-0.1, -0.05) is 23.6 Å². The van der Waals surface area contributed by atoms with Crippen LogP contribution in [-0.4, -0.2) is 45.4 Å². The fourth-order valence-electron chi connectivity index (χ4n) is 3.31. The summed E-state index contributed by atoms with van der Waals surface area (Å²) < 4.78 is 16.5. The molecule has 0 unspecified atom stereocenters. The first-order valence-electron chi connectivity index (χ1n) is 10.4. The minimum absolute atomic E-state index is 0.0670. The Hall–Kier alpha value is -3.65. The van der Waals surface area contributed by atoms with Gasteiger partial charge in [0.2, 0.25) is 0 Å². The molecule has 0 aliphatic carbocycles. The summed E-state index contributed by atoms with van der Waals surface area (Å²) >= 11 is 6.17. The number of hydrogen-bond acceptors (Lipinski definition) is 6. The van der Waals surface area contributed by atoms with Gasteiger partial charge in [0.1, 0.15) is 18.2 Å². The summed E-state index contributed by atoms with van der Waals surface area (Å²) in [5.74, 6) is 2.83. The normalized spacial score (nSPS) is 13.6. The van der Waals surface area contributed by atoms with Gasteiger partial charge >= 0.3 is 0 Å². The molecule has 1 saturated heterocycles. The second kappa shape index (κ2) is 11.8. The highest BCUT2D eigenvalue weighted by molar-refractivity contribution is 6.31. The van der Waals surface area contributed by atoms with Crippen LogP contribution in [0.5, 0.6) is 11.5 Å². The minimum atomic E-state index is -0.542.